The van der Waals surface area contributed by atoms with Gasteiger partial charge >= 0.3 is 11.9 Å². The van der Waals surface area contributed by atoms with Crippen molar-refractivity contribution in [3.63, 3.8) is 0 Å². The fraction of sp³-hybridized carbons (Fsp3) is 0.238. The Morgan fingerprint density at radius 3 is 2.22 bits per heavy atom. The molecule has 2 aromatic rings. The number of aryl methyl sites for hydroxylation is 1. The Bertz CT molecular complexity index is 891. The predicted molar refractivity (Wildman–Crippen MR) is 100 cm³/mol. The van der Waals surface area contributed by atoms with E-state index in [1.54, 1.807) is 24.3 Å². The number of esters is 2. The zero-order valence-electron chi connectivity index (χ0n) is 15.7. The average molecular weight is 367 g/mol. The van der Waals surface area contributed by atoms with Crippen molar-refractivity contribution in [1.29, 1.82) is 0 Å². The fourth-order valence-corrected chi connectivity index (χ4v) is 2.51. The van der Waals surface area contributed by atoms with Crippen molar-refractivity contribution in [3.05, 3.63) is 65.4 Å². The van der Waals surface area contributed by atoms with E-state index in [1.807, 2.05) is 32.0 Å². The standard InChI is InChI=1S/C21H21NO5/c1-13-6-5-7-18(14(13)2)25-16-10-8-15(9-11-16)22-12-17-19(23)26-21(3,4)27-20(17)24/h5-12,22H,1-4H3. The Morgan fingerprint density at radius 1 is 0.963 bits per heavy atom. The summed E-state index contributed by atoms with van der Waals surface area (Å²) in [7, 11) is 0. The van der Waals surface area contributed by atoms with Gasteiger partial charge in [0, 0.05) is 25.7 Å². The van der Waals surface area contributed by atoms with Crippen LogP contribution in [0.15, 0.2) is 54.2 Å². The Morgan fingerprint density at radius 2 is 1.59 bits per heavy atom. The third-order valence-electron chi connectivity index (χ3n) is 4.14. The molecule has 0 aromatic heterocycles. The van der Waals surface area contributed by atoms with Crippen LogP contribution < -0.4 is 10.1 Å². The molecule has 0 amide bonds. The number of carbonyl (C=O) groups is 2. The molecule has 1 aliphatic rings. The highest BCUT2D eigenvalue weighted by Crippen LogP contribution is 2.28. The molecule has 0 atom stereocenters. The van der Waals surface area contributed by atoms with E-state index in [2.05, 4.69) is 5.32 Å². The van der Waals surface area contributed by atoms with Gasteiger partial charge in [-0.25, -0.2) is 9.59 Å². The SMILES string of the molecule is Cc1cccc(Oc2ccc(NC=C3C(=O)OC(C)(C)OC3=O)cc2)c1C. The molecule has 3 rings (SSSR count). The second-order valence-corrected chi connectivity index (χ2v) is 6.71. The summed E-state index contributed by atoms with van der Waals surface area (Å²) in [5.41, 5.74) is 2.74. The molecule has 1 N–H and O–H groups in total. The summed E-state index contributed by atoms with van der Waals surface area (Å²) < 4.78 is 16.0. The molecule has 0 radical (unpaired) electrons. The quantitative estimate of drug-likeness (QED) is 0.495. The second-order valence-electron chi connectivity index (χ2n) is 6.71. The number of rotatable bonds is 4. The van der Waals surface area contributed by atoms with Crippen molar-refractivity contribution < 1.29 is 23.8 Å². The van der Waals surface area contributed by atoms with E-state index < -0.39 is 17.7 Å². The van der Waals surface area contributed by atoms with E-state index >= 15 is 0 Å². The van der Waals surface area contributed by atoms with Crippen molar-refractivity contribution in [2.75, 3.05) is 5.32 Å². The minimum absolute atomic E-state index is 0.190. The van der Waals surface area contributed by atoms with Gasteiger partial charge in [0.2, 0.25) is 0 Å². The second kappa shape index (κ2) is 7.15. The normalized spacial score (nSPS) is 15.6. The molecule has 0 bridgehead atoms. The lowest BCUT2D eigenvalue weighted by molar-refractivity contribution is -0.222. The molecular weight excluding hydrogens is 346 g/mol. The molecule has 0 aliphatic carbocycles. The Hall–Kier alpha value is -3.28. The monoisotopic (exact) mass is 367 g/mol. The van der Waals surface area contributed by atoms with Gasteiger partial charge in [-0.05, 0) is 55.3 Å². The first-order valence-corrected chi connectivity index (χ1v) is 8.53. The van der Waals surface area contributed by atoms with Crippen LogP contribution in [-0.4, -0.2) is 17.7 Å². The molecule has 6 heteroatoms. The Balaban J connectivity index is 1.68. The minimum Gasteiger partial charge on any atom is -0.457 e. The van der Waals surface area contributed by atoms with Crippen molar-refractivity contribution in [1.82, 2.24) is 0 Å². The maximum Gasteiger partial charge on any atom is 0.350 e. The van der Waals surface area contributed by atoms with E-state index in [4.69, 9.17) is 14.2 Å². The molecular formula is C21H21NO5. The summed E-state index contributed by atoms with van der Waals surface area (Å²) in [6.07, 6.45) is 1.28. The molecule has 27 heavy (non-hydrogen) atoms. The molecule has 0 unspecified atom stereocenters. The van der Waals surface area contributed by atoms with Crippen LogP contribution in [0.5, 0.6) is 11.5 Å². The van der Waals surface area contributed by atoms with Crippen LogP contribution in [0.3, 0.4) is 0 Å². The van der Waals surface area contributed by atoms with Gasteiger partial charge < -0.3 is 19.5 Å². The van der Waals surface area contributed by atoms with Crippen LogP contribution in [0.1, 0.15) is 25.0 Å². The number of hydrogen-bond acceptors (Lipinski definition) is 6. The van der Waals surface area contributed by atoms with Crippen LogP contribution >= 0.6 is 0 Å². The van der Waals surface area contributed by atoms with E-state index in [0.717, 1.165) is 16.9 Å². The van der Waals surface area contributed by atoms with Crippen LogP contribution in [0.4, 0.5) is 5.69 Å². The highest BCUT2D eigenvalue weighted by Gasteiger charge is 2.38. The number of carbonyl (C=O) groups excluding carboxylic acids is 2. The number of ether oxygens (including phenoxy) is 3. The molecule has 140 valence electrons. The molecule has 0 spiro atoms. The van der Waals surface area contributed by atoms with Crippen molar-refractivity contribution >= 4 is 17.6 Å². The van der Waals surface area contributed by atoms with Gasteiger partial charge in [-0.15, -0.1) is 0 Å². The molecule has 1 fully saturated rings. The number of anilines is 1. The molecule has 2 aromatic carbocycles. The molecule has 0 saturated carbocycles. The lowest BCUT2D eigenvalue weighted by Gasteiger charge is -2.29. The summed E-state index contributed by atoms with van der Waals surface area (Å²) >= 11 is 0. The van der Waals surface area contributed by atoms with E-state index in [9.17, 15) is 9.59 Å². The van der Waals surface area contributed by atoms with Gasteiger partial charge in [0.25, 0.3) is 5.79 Å². The zero-order chi connectivity index (χ0) is 19.6. The largest absolute Gasteiger partial charge is 0.457 e. The first kappa shape index (κ1) is 18.5. The van der Waals surface area contributed by atoms with Gasteiger partial charge in [0.05, 0.1) is 0 Å². The first-order chi connectivity index (χ1) is 12.7. The van der Waals surface area contributed by atoms with Crippen LogP contribution in [-0.2, 0) is 19.1 Å². The molecule has 1 saturated heterocycles. The number of hydrogen-bond donors (Lipinski definition) is 1. The van der Waals surface area contributed by atoms with Crippen molar-refractivity contribution in [3.8, 4) is 11.5 Å². The number of cyclic esters (lactones) is 2. The van der Waals surface area contributed by atoms with Gasteiger partial charge in [0.1, 0.15) is 11.5 Å². The summed E-state index contributed by atoms with van der Waals surface area (Å²) in [5, 5.41) is 2.89. The number of benzene rings is 2. The van der Waals surface area contributed by atoms with Gasteiger partial charge in [0.15, 0.2) is 5.57 Å². The topological polar surface area (TPSA) is 73.9 Å². The van der Waals surface area contributed by atoms with Crippen LogP contribution in [0.25, 0.3) is 0 Å². The first-order valence-electron chi connectivity index (χ1n) is 8.53. The van der Waals surface area contributed by atoms with E-state index in [0.29, 0.717) is 11.4 Å². The average Bonchev–Trinajstić information content (AvgIpc) is 2.58. The van der Waals surface area contributed by atoms with E-state index in [1.165, 1.54) is 20.0 Å². The summed E-state index contributed by atoms with van der Waals surface area (Å²) in [4.78, 5) is 23.8. The van der Waals surface area contributed by atoms with Gasteiger partial charge in [-0.2, -0.15) is 0 Å². The molecule has 1 heterocycles. The minimum atomic E-state index is -1.25. The summed E-state index contributed by atoms with van der Waals surface area (Å²) in [6.45, 7) is 7.05. The lowest BCUT2D eigenvalue weighted by atomic mass is 10.1. The zero-order valence-corrected chi connectivity index (χ0v) is 15.7. The smallest absolute Gasteiger partial charge is 0.350 e. The highest BCUT2D eigenvalue weighted by atomic mass is 16.7. The summed E-state index contributed by atoms with van der Waals surface area (Å²) in [5.74, 6) is -1.22. The Kier molecular flexibility index (Phi) is 4.90. The van der Waals surface area contributed by atoms with Crippen molar-refractivity contribution in [2.45, 2.75) is 33.5 Å². The maximum atomic E-state index is 11.9. The van der Waals surface area contributed by atoms with Crippen molar-refractivity contribution in [2.24, 2.45) is 0 Å². The van der Waals surface area contributed by atoms with Gasteiger partial charge in [-0.1, -0.05) is 12.1 Å². The summed E-state index contributed by atoms with van der Waals surface area (Å²) in [6, 6.07) is 13.0. The highest BCUT2D eigenvalue weighted by molar-refractivity contribution is 6.15. The van der Waals surface area contributed by atoms with Gasteiger partial charge in [-0.3, -0.25) is 0 Å². The predicted octanol–water partition coefficient (Wildman–Crippen LogP) is 4.23. The number of nitrogens with one attached hydrogen (secondary N) is 1. The third kappa shape index (κ3) is 4.28. The lowest BCUT2D eigenvalue weighted by Crippen LogP contribution is -2.42. The van der Waals surface area contributed by atoms with E-state index in [-0.39, 0.29) is 5.57 Å². The molecule has 1 aliphatic heterocycles. The van der Waals surface area contributed by atoms with Crippen LogP contribution in [0, 0.1) is 13.8 Å². The Labute approximate surface area is 157 Å². The van der Waals surface area contributed by atoms with Crippen LogP contribution in [0.2, 0.25) is 0 Å². The fourth-order valence-electron chi connectivity index (χ4n) is 2.51. The third-order valence-corrected chi connectivity index (χ3v) is 4.14. The maximum absolute atomic E-state index is 11.9. The molecule has 6 nitrogen and oxygen atoms in total.